The van der Waals surface area contributed by atoms with Crippen LogP contribution in [0, 0.1) is 12.3 Å². The highest BCUT2D eigenvalue weighted by atomic mass is 32.2. The minimum atomic E-state index is -3.26. The molecule has 1 saturated heterocycles. The summed E-state index contributed by atoms with van der Waals surface area (Å²) < 4.78 is 31.3. The zero-order valence-corrected chi connectivity index (χ0v) is 14.4. The number of ether oxygens (including phenoxy) is 1. The maximum atomic E-state index is 12.2. The lowest BCUT2D eigenvalue weighted by Crippen LogP contribution is -2.54. The summed E-state index contributed by atoms with van der Waals surface area (Å²) in [6.45, 7) is 6.48. The Morgan fingerprint density at radius 2 is 2.00 bits per heavy atom. The standard InChI is InChI=1S/C14H26N4O3S/c1-5-6-16-14(15-4)17-7-9-18(10-8-17)22(19,20)12-11-21-13(2)3/h1,13H,6-12H2,2-4H3,(H,15,16). The van der Waals surface area contributed by atoms with Crippen molar-refractivity contribution in [2.24, 2.45) is 4.99 Å². The van der Waals surface area contributed by atoms with Crippen molar-refractivity contribution in [2.45, 2.75) is 20.0 Å². The minimum absolute atomic E-state index is 0.0231. The molecule has 7 nitrogen and oxygen atoms in total. The first-order chi connectivity index (χ1) is 10.4. The van der Waals surface area contributed by atoms with Gasteiger partial charge in [-0.05, 0) is 13.8 Å². The zero-order chi connectivity index (χ0) is 16.6. The fraction of sp³-hybridized carbons (Fsp3) is 0.786. The fourth-order valence-electron chi connectivity index (χ4n) is 2.16. The van der Waals surface area contributed by atoms with Gasteiger partial charge in [0.25, 0.3) is 0 Å². The van der Waals surface area contributed by atoms with Crippen molar-refractivity contribution in [3.8, 4) is 12.3 Å². The molecule has 0 spiro atoms. The van der Waals surface area contributed by atoms with Gasteiger partial charge in [-0.3, -0.25) is 4.99 Å². The maximum Gasteiger partial charge on any atom is 0.216 e. The van der Waals surface area contributed by atoms with Crippen LogP contribution in [0.4, 0.5) is 0 Å². The van der Waals surface area contributed by atoms with Crippen molar-refractivity contribution in [3.63, 3.8) is 0 Å². The van der Waals surface area contributed by atoms with Crippen molar-refractivity contribution >= 4 is 16.0 Å². The van der Waals surface area contributed by atoms with Crippen LogP contribution in [0.2, 0.25) is 0 Å². The van der Waals surface area contributed by atoms with Crippen LogP contribution in [-0.4, -0.2) is 81.8 Å². The van der Waals surface area contributed by atoms with Crippen molar-refractivity contribution in [1.82, 2.24) is 14.5 Å². The predicted molar refractivity (Wildman–Crippen MR) is 88.2 cm³/mol. The van der Waals surface area contributed by atoms with E-state index >= 15 is 0 Å². The highest BCUT2D eigenvalue weighted by Crippen LogP contribution is 2.08. The molecule has 1 heterocycles. The largest absolute Gasteiger partial charge is 0.378 e. The van der Waals surface area contributed by atoms with Crippen LogP contribution in [-0.2, 0) is 14.8 Å². The number of hydrogen-bond donors (Lipinski definition) is 1. The van der Waals surface area contributed by atoms with Gasteiger partial charge in [-0.25, -0.2) is 8.42 Å². The van der Waals surface area contributed by atoms with Gasteiger partial charge in [-0.15, -0.1) is 6.42 Å². The van der Waals surface area contributed by atoms with Crippen molar-refractivity contribution in [2.75, 3.05) is 52.1 Å². The van der Waals surface area contributed by atoms with E-state index < -0.39 is 10.0 Å². The smallest absolute Gasteiger partial charge is 0.216 e. The molecule has 22 heavy (non-hydrogen) atoms. The Kier molecular flexibility index (Phi) is 7.65. The molecule has 0 aromatic carbocycles. The highest BCUT2D eigenvalue weighted by molar-refractivity contribution is 7.89. The third-order valence-electron chi connectivity index (χ3n) is 3.28. The van der Waals surface area contributed by atoms with Gasteiger partial charge < -0.3 is 15.0 Å². The summed E-state index contributed by atoms with van der Waals surface area (Å²) in [5.41, 5.74) is 0. The number of guanidine groups is 1. The lowest BCUT2D eigenvalue weighted by atomic mass is 10.4. The Balaban J connectivity index is 2.48. The topological polar surface area (TPSA) is 74.2 Å². The SMILES string of the molecule is C#CCNC(=NC)N1CCN(S(=O)(=O)CCOC(C)C)CC1. The highest BCUT2D eigenvalue weighted by Gasteiger charge is 2.27. The van der Waals surface area contributed by atoms with E-state index in [1.54, 1.807) is 7.05 Å². The molecule has 1 aliphatic heterocycles. The van der Waals surface area contributed by atoms with E-state index in [1.807, 2.05) is 18.7 Å². The lowest BCUT2D eigenvalue weighted by Gasteiger charge is -2.35. The molecule has 0 atom stereocenters. The van der Waals surface area contributed by atoms with Crippen molar-refractivity contribution in [1.29, 1.82) is 0 Å². The Morgan fingerprint density at radius 3 is 2.50 bits per heavy atom. The second-order valence-electron chi connectivity index (χ2n) is 5.23. The van der Waals surface area contributed by atoms with E-state index in [-0.39, 0.29) is 18.5 Å². The third kappa shape index (κ3) is 5.83. The van der Waals surface area contributed by atoms with E-state index in [0.717, 1.165) is 0 Å². The molecule has 1 rings (SSSR count). The Hall–Kier alpha value is -1.30. The predicted octanol–water partition coefficient (Wildman–Crippen LogP) is -0.433. The average Bonchev–Trinajstić information content (AvgIpc) is 2.48. The van der Waals surface area contributed by atoms with Crippen LogP contribution in [0.25, 0.3) is 0 Å². The van der Waals surface area contributed by atoms with Crippen molar-refractivity contribution < 1.29 is 13.2 Å². The van der Waals surface area contributed by atoms with E-state index in [4.69, 9.17) is 11.2 Å². The molecule has 1 aliphatic rings. The summed E-state index contributed by atoms with van der Waals surface area (Å²) in [7, 11) is -1.58. The second kappa shape index (κ2) is 8.98. The van der Waals surface area contributed by atoms with Crippen LogP contribution in [0.5, 0.6) is 0 Å². The van der Waals surface area contributed by atoms with E-state index in [0.29, 0.717) is 38.7 Å². The maximum absolute atomic E-state index is 12.2. The summed E-state index contributed by atoms with van der Waals surface area (Å²) in [6.07, 6.45) is 5.26. The van der Waals surface area contributed by atoms with Gasteiger partial charge in [0.05, 0.1) is 25.0 Å². The molecule has 0 saturated carbocycles. The molecule has 0 amide bonds. The Bertz CT molecular complexity index is 503. The summed E-state index contributed by atoms with van der Waals surface area (Å²) in [5.74, 6) is 3.23. The minimum Gasteiger partial charge on any atom is -0.378 e. The number of aliphatic imine (C=N–C) groups is 1. The Morgan fingerprint density at radius 1 is 1.36 bits per heavy atom. The third-order valence-corrected chi connectivity index (χ3v) is 5.12. The first-order valence-corrected chi connectivity index (χ1v) is 9.00. The van der Waals surface area contributed by atoms with Gasteiger partial charge in [-0.2, -0.15) is 4.31 Å². The number of nitrogens with one attached hydrogen (secondary N) is 1. The monoisotopic (exact) mass is 330 g/mol. The summed E-state index contributed by atoms with van der Waals surface area (Å²) >= 11 is 0. The van der Waals surface area contributed by atoms with Gasteiger partial charge in [-0.1, -0.05) is 5.92 Å². The normalized spacial score (nSPS) is 17.6. The number of hydrogen-bond acceptors (Lipinski definition) is 4. The number of sulfonamides is 1. The molecule has 0 unspecified atom stereocenters. The van der Waals surface area contributed by atoms with Crippen LogP contribution in [0.1, 0.15) is 13.8 Å². The van der Waals surface area contributed by atoms with Crippen LogP contribution in [0.15, 0.2) is 4.99 Å². The molecular formula is C14H26N4O3S. The van der Waals surface area contributed by atoms with Crippen molar-refractivity contribution in [3.05, 3.63) is 0 Å². The molecule has 126 valence electrons. The molecular weight excluding hydrogens is 304 g/mol. The molecule has 8 heteroatoms. The van der Waals surface area contributed by atoms with Gasteiger partial charge in [0.2, 0.25) is 10.0 Å². The van der Waals surface area contributed by atoms with Gasteiger partial charge in [0.15, 0.2) is 5.96 Å². The number of rotatable bonds is 6. The van der Waals surface area contributed by atoms with Gasteiger partial charge >= 0.3 is 0 Å². The number of piperazine rings is 1. The second-order valence-corrected chi connectivity index (χ2v) is 7.32. The van der Waals surface area contributed by atoms with Crippen LogP contribution in [0.3, 0.4) is 0 Å². The average molecular weight is 330 g/mol. The molecule has 1 N–H and O–H groups in total. The molecule has 0 bridgehead atoms. The lowest BCUT2D eigenvalue weighted by molar-refractivity contribution is 0.0904. The first kappa shape index (κ1) is 18.7. The van der Waals surface area contributed by atoms with E-state index in [9.17, 15) is 8.42 Å². The van der Waals surface area contributed by atoms with Gasteiger partial charge in [0, 0.05) is 33.2 Å². The summed E-state index contributed by atoms with van der Waals surface area (Å²) in [6, 6.07) is 0. The van der Waals surface area contributed by atoms with Crippen LogP contribution >= 0.6 is 0 Å². The molecule has 1 fully saturated rings. The first-order valence-electron chi connectivity index (χ1n) is 7.39. The number of nitrogens with zero attached hydrogens (tertiary/aromatic N) is 3. The van der Waals surface area contributed by atoms with E-state index in [2.05, 4.69) is 16.2 Å². The molecule has 0 aliphatic carbocycles. The molecule has 0 aromatic rings. The summed E-state index contributed by atoms with van der Waals surface area (Å²) in [4.78, 5) is 6.16. The fourth-order valence-corrected chi connectivity index (χ4v) is 3.44. The molecule has 0 aromatic heterocycles. The Labute approximate surface area is 133 Å². The van der Waals surface area contributed by atoms with E-state index in [1.165, 1.54) is 4.31 Å². The van der Waals surface area contributed by atoms with Crippen LogP contribution < -0.4 is 5.32 Å². The quantitative estimate of drug-likeness (QED) is 0.406. The number of terminal acetylenes is 1. The molecule has 0 radical (unpaired) electrons. The zero-order valence-electron chi connectivity index (χ0n) is 13.6. The summed E-state index contributed by atoms with van der Waals surface area (Å²) in [5, 5.41) is 3.04. The van der Waals surface area contributed by atoms with Gasteiger partial charge in [0.1, 0.15) is 0 Å².